The van der Waals surface area contributed by atoms with Crippen LogP contribution < -0.4 is 15.0 Å². The van der Waals surface area contributed by atoms with Crippen molar-refractivity contribution in [2.24, 2.45) is 5.92 Å². The number of aromatic nitrogens is 1. The predicted octanol–water partition coefficient (Wildman–Crippen LogP) is 3.30. The molecule has 1 fully saturated rings. The minimum absolute atomic E-state index is 0.250. The number of para-hydroxylation sites is 3. The number of rotatable bonds is 7. The summed E-state index contributed by atoms with van der Waals surface area (Å²) in [5.41, 5.74) is 2.42. The van der Waals surface area contributed by atoms with E-state index in [1.165, 1.54) is 0 Å². The summed E-state index contributed by atoms with van der Waals surface area (Å²) < 4.78 is 16.5. The monoisotopic (exact) mass is 437 g/mol. The normalized spacial score (nSPS) is 15.4. The van der Waals surface area contributed by atoms with Gasteiger partial charge in [0.15, 0.2) is 11.7 Å². The molecule has 1 N–H and O–H groups in total. The van der Waals surface area contributed by atoms with Gasteiger partial charge in [-0.25, -0.2) is 0 Å². The quantitative estimate of drug-likeness (QED) is 0.567. The van der Waals surface area contributed by atoms with Gasteiger partial charge in [0.25, 0.3) is 11.9 Å². The number of ether oxygens (including phenoxy) is 2. The molecule has 0 aliphatic carbocycles. The molecule has 1 atom stereocenters. The summed E-state index contributed by atoms with van der Waals surface area (Å²) in [6.07, 6.45) is 0.368. The van der Waals surface area contributed by atoms with E-state index in [2.05, 4.69) is 10.3 Å². The van der Waals surface area contributed by atoms with Crippen LogP contribution in [0, 0.1) is 5.92 Å². The number of amides is 1. The van der Waals surface area contributed by atoms with Gasteiger partial charge in [-0.1, -0.05) is 30.3 Å². The third-order valence-corrected chi connectivity index (χ3v) is 5.69. The van der Waals surface area contributed by atoms with E-state index >= 15 is 0 Å². The number of nitrogens with zero attached hydrogens (tertiary/aromatic N) is 2. The van der Waals surface area contributed by atoms with Crippen LogP contribution in [0.25, 0.3) is 11.1 Å². The fourth-order valence-corrected chi connectivity index (χ4v) is 3.80. The first-order valence-corrected chi connectivity index (χ1v) is 10.8. The highest BCUT2D eigenvalue weighted by atomic mass is 16.5. The molecule has 0 spiro atoms. The van der Waals surface area contributed by atoms with E-state index in [4.69, 9.17) is 13.9 Å². The van der Waals surface area contributed by atoms with Crippen LogP contribution in [0.15, 0.2) is 52.9 Å². The smallest absolute Gasteiger partial charge is 0.309 e. The molecule has 0 bridgehead atoms. The lowest BCUT2D eigenvalue weighted by molar-refractivity contribution is -0.159. The number of esters is 1. The molecule has 32 heavy (non-hydrogen) atoms. The minimum Gasteiger partial charge on any atom is -0.496 e. The molecule has 2 heterocycles. The number of oxazole rings is 1. The second-order valence-electron chi connectivity index (χ2n) is 7.83. The van der Waals surface area contributed by atoms with Crippen molar-refractivity contribution in [1.82, 2.24) is 10.3 Å². The standard InChI is InChI=1S/C24H27N3O5/c1-16(22(28)25-15-18-7-3-5-9-20(18)30-2)31-23(29)17-11-13-27(14-12-17)24-26-19-8-4-6-10-21(19)32-24/h3-10,16-17H,11-15H2,1-2H3,(H,25,28)/t16-/m0/s1. The number of piperidine rings is 1. The number of fused-ring (bicyclic) bond motifs is 1. The van der Waals surface area contributed by atoms with Crippen LogP contribution in [-0.4, -0.2) is 43.2 Å². The van der Waals surface area contributed by atoms with Gasteiger partial charge in [0.2, 0.25) is 0 Å². The number of benzene rings is 2. The molecule has 8 heteroatoms. The van der Waals surface area contributed by atoms with Crippen molar-refractivity contribution >= 4 is 29.0 Å². The second-order valence-corrected chi connectivity index (χ2v) is 7.83. The molecule has 0 saturated carbocycles. The van der Waals surface area contributed by atoms with Crippen molar-refractivity contribution in [3.8, 4) is 5.75 Å². The Bertz CT molecular complexity index is 1050. The molecular weight excluding hydrogens is 410 g/mol. The Kier molecular flexibility index (Phi) is 6.58. The average Bonchev–Trinajstić information content (AvgIpc) is 3.27. The highest BCUT2D eigenvalue weighted by Gasteiger charge is 2.30. The highest BCUT2D eigenvalue weighted by Crippen LogP contribution is 2.27. The maximum Gasteiger partial charge on any atom is 0.309 e. The molecule has 1 aliphatic heterocycles. The summed E-state index contributed by atoms with van der Waals surface area (Å²) >= 11 is 0. The first kappa shape index (κ1) is 21.7. The van der Waals surface area contributed by atoms with Crippen LogP contribution in [-0.2, 0) is 20.9 Å². The fourth-order valence-electron chi connectivity index (χ4n) is 3.80. The molecule has 0 radical (unpaired) electrons. The Morgan fingerprint density at radius 2 is 1.88 bits per heavy atom. The summed E-state index contributed by atoms with van der Waals surface area (Å²) in [6, 6.07) is 15.6. The molecule has 1 aromatic heterocycles. The first-order valence-electron chi connectivity index (χ1n) is 10.8. The van der Waals surface area contributed by atoms with E-state index in [-0.39, 0.29) is 17.8 Å². The van der Waals surface area contributed by atoms with Gasteiger partial charge in [0, 0.05) is 25.2 Å². The number of methoxy groups -OCH3 is 1. The minimum atomic E-state index is -0.868. The van der Waals surface area contributed by atoms with E-state index in [1.807, 2.05) is 53.4 Å². The SMILES string of the molecule is COc1ccccc1CNC(=O)[C@H](C)OC(=O)C1CCN(c2nc3ccccc3o2)CC1. The Labute approximate surface area is 186 Å². The van der Waals surface area contributed by atoms with E-state index in [9.17, 15) is 9.59 Å². The fraction of sp³-hybridized carbons (Fsp3) is 0.375. The molecule has 168 valence electrons. The van der Waals surface area contributed by atoms with Crippen molar-refractivity contribution in [1.29, 1.82) is 0 Å². The average molecular weight is 437 g/mol. The summed E-state index contributed by atoms with van der Waals surface area (Å²) in [5.74, 6) is -0.237. The molecule has 1 amide bonds. The predicted molar refractivity (Wildman–Crippen MR) is 119 cm³/mol. The summed E-state index contributed by atoms with van der Waals surface area (Å²) in [5, 5.41) is 2.80. The van der Waals surface area contributed by atoms with Gasteiger partial charge < -0.3 is 24.1 Å². The Hall–Kier alpha value is -3.55. The summed E-state index contributed by atoms with van der Waals surface area (Å²) in [7, 11) is 1.58. The number of hydrogen-bond acceptors (Lipinski definition) is 7. The van der Waals surface area contributed by atoms with Gasteiger partial charge >= 0.3 is 5.97 Å². The van der Waals surface area contributed by atoms with Crippen LogP contribution in [0.5, 0.6) is 5.75 Å². The molecule has 1 saturated heterocycles. The van der Waals surface area contributed by atoms with Crippen molar-refractivity contribution < 1.29 is 23.5 Å². The molecule has 2 aromatic carbocycles. The topological polar surface area (TPSA) is 93.9 Å². The van der Waals surface area contributed by atoms with Crippen LogP contribution >= 0.6 is 0 Å². The zero-order chi connectivity index (χ0) is 22.5. The summed E-state index contributed by atoms with van der Waals surface area (Å²) in [4.78, 5) is 31.5. The molecule has 3 aromatic rings. The Morgan fingerprint density at radius 3 is 2.62 bits per heavy atom. The van der Waals surface area contributed by atoms with E-state index in [0.717, 1.165) is 16.7 Å². The van der Waals surface area contributed by atoms with Gasteiger partial charge in [-0.3, -0.25) is 9.59 Å². The lowest BCUT2D eigenvalue weighted by Crippen LogP contribution is -2.40. The van der Waals surface area contributed by atoms with Crippen LogP contribution in [0.4, 0.5) is 6.01 Å². The van der Waals surface area contributed by atoms with Gasteiger partial charge in [-0.2, -0.15) is 4.98 Å². The second kappa shape index (κ2) is 9.72. The van der Waals surface area contributed by atoms with Crippen molar-refractivity contribution in [3.05, 3.63) is 54.1 Å². The molecule has 8 nitrogen and oxygen atoms in total. The Balaban J connectivity index is 1.25. The van der Waals surface area contributed by atoms with Crippen molar-refractivity contribution in [2.45, 2.75) is 32.4 Å². The van der Waals surface area contributed by atoms with Crippen LogP contribution in [0.1, 0.15) is 25.3 Å². The van der Waals surface area contributed by atoms with Gasteiger partial charge in [0.05, 0.1) is 13.0 Å². The van der Waals surface area contributed by atoms with E-state index < -0.39 is 6.10 Å². The number of carbonyl (C=O) groups is 2. The number of hydrogen-bond donors (Lipinski definition) is 1. The zero-order valence-electron chi connectivity index (χ0n) is 18.2. The molecule has 0 unspecified atom stereocenters. The van der Waals surface area contributed by atoms with Gasteiger partial charge in [0.1, 0.15) is 11.3 Å². The van der Waals surface area contributed by atoms with E-state index in [0.29, 0.717) is 44.2 Å². The van der Waals surface area contributed by atoms with Crippen molar-refractivity contribution in [3.63, 3.8) is 0 Å². The van der Waals surface area contributed by atoms with Gasteiger partial charge in [-0.15, -0.1) is 0 Å². The number of anilines is 1. The molecular formula is C24H27N3O5. The lowest BCUT2D eigenvalue weighted by atomic mass is 9.97. The number of nitrogens with one attached hydrogen (secondary N) is 1. The summed E-state index contributed by atoms with van der Waals surface area (Å²) in [6.45, 7) is 3.17. The Morgan fingerprint density at radius 1 is 1.16 bits per heavy atom. The third-order valence-electron chi connectivity index (χ3n) is 5.69. The lowest BCUT2D eigenvalue weighted by Gasteiger charge is -2.30. The highest BCUT2D eigenvalue weighted by molar-refractivity contribution is 5.84. The number of carbonyl (C=O) groups excluding carboxylic acids is 2. The third kappa shape index (κ3) is 4.85. The maximum atomic E-state index is 12.6. The maximum absolute atomic E-state index is 12.6. The van der Waals surface area contributed by atoms with E-state index in [1.54, 1.807) is 14.0 Å². The zero-order valence-corrected chi connectivity index (χ0v) is 18.2. The van der Waals surface area contributed by atoms with Crippen LogP contribution in [0.2, 0.25) is 0 Å². The largest absolute Gasteiger partial charge is 0.496 e. The van der Waals surface area contributed by atoms with Crippen LogP contribution in [0.3, 0.4) is 0 Å². The van der Waals surface area contributed by atoms with Gasteiger partial charge in [-0.05, 0) is 38.0 Å². The first-order chi connectivity index (χ1) is 15.5. The van der Waals surface area contributed by atoms with Crippen molar-refractivity contribution in [2.75, 3.05) is 25.1 Å². The molecule has 4 rings (SSSR count). The molecule has 1 aliphatic rings.